The van der Waals surface area contributed by atoms with Crippen molar-refractivity contribution in [2.75, 3.05) is 0 Å². The molecule has 2 aliphatic carbocycles. The molecule has 1 atom stereocenters. The Bertz CT molecular complexity index is 176. The molecule has 0 bridgehead atoms. The van der Waals surface area contributed by atoms with Crippen molar-refractivity contribution in [3.63, 3.8) is 0 Å². The van der Waals surface area contributed by atoms with E-state index >= 15 is 0 Å². The van der Waals surface area contributed by atoms with Gasteiger partial charge in [0.15, 0.2) is 0 Å². The van der Waals surface area contributed by atoms with Gasteiger partial charge in [0.25, 0.3) is 0 Å². The summed E-state index contributed by atoms with van der Waals surface area (Å²) >= 11 is 0. The van der Waals surface area contributed by atoms with Crippen molar-refractivity contribution in [3.8, 4) is 0 Å². The molecule has 1 spiro atoms. The van der Waals surface area contributed by atoms with Gasteiger partial charge in [-0.2, -0.15) is 0 Å². The van der Waals surface area contributed by atoms with Gasteiger partial charge in [-0.25, -0.2) is 0 Å². The third-order valence-corrected chi connectivity index (χ3v) is 2.50. The van der Waals surface area contributed by atoms with E-state index in [1.807, 2.05) is 0 Å². The molecule has 0 fully saturated rings. The van der Waals surface area contributed by atoms with Gasteiger partial charge in [0.05, 0.1) is 0 Å². The lowest BCUT2D eigenvalue weighted by Crippen LogP contribution is -2.14. The Labute approximate surface area is 62.6 Å². The van der Waals surface area contributed by atoms with E-state index in [1.165, 1.54) is 25.7 Å². The zero-order valence-electron chi connectivity index (χ0n) is 6.22. The molecule has 0 amide bonds. The molecule has 0 heterocycles. The van der Waals surface area contributed by atoms with Crippen LogP contribution in [0.1, 0.15) is 25.7 Å². The molecule has 0 saturated carbocycles. The second-order valence-corrected chi connectivity index (χ2v) is 3.31. The molecule has 1 radical (unpaired) electrons. The van der Waals surface area contributed by atoms with Gasteiger partial charge >= 0.3 is 0 Å². The first-order valence-electron chi connectivity index (χ1n) is 4.08. The maximum Gasteiger partial charge on any atom is 0.00667 e. The van der Waals surface area contributed by atoms with E-state index < -0.39 is 0 Å². The molecule has 0 aromatic rings. The van der Waals surface area contributed by atoms with Crippen LogP contribution in [0.4, 0.5) is 0 Å². The molecule has 0 heteroatoms. The van der Waals surface area contributed by atoms with E-state index in [9.17, 15) is 0 Å². The van der Waals surface area contributed by atoms with Crippen LogP contribution in [0.3, 0.4) is 0 Å². The summed E-state index contributed by atoms with van der Waals surface area (Å²) in [4.78, 5) is 0. The van der Waals surface area contributed by atoms with Crippen LogP contribution in [-0.2, 0) is 0 Å². The van der Waals surface area contributed by atoms with Crippen molar-refractivity contribution in [2.24, 2.45) is 5.41 Å². The van der Waals surface area contributed by atoms with E-state index in [2.05, 4.69) is 30.7 Å². The van der Waals surface area contributed by atoms with Gasteiger partial charge < -0.3 is 0 Å². The van der Waals surface area contributed by atoms with Crippen molar-refractivity contribution in [2.45, 2.75) is 25.7 Å². The van der Waals surface area contributed by atoms with E-state index in [4.69, 9.17) is 0 Å². The van der Waals surface area contributed by atoms with Crippen LogP contribution in [0.15, 0.2) is 24.3 Å². The summed E-state index contributed by atoms with van der Waals surface area (Å²) in [7, 11) is 0. The van der Waals surface area contributed by atoms with Crippen LogP contribution in [0.2, 0.25) is 0 Å². The first-order valence-corrected chi connectivity index (χ1v) is 4.08. The van der Waals surface area contributed by atoms with Crippen molar-refractivity contribution in [3.05, 3.63) is 30.7 Å². The standard InChI is InChI=1S/C10H13/c1-2-6-10(7-3-1)8-4-5-9-10/h2-4,6,8H,1,5,7,9H2. The summed E-state index contributed by atoms with van der Waals surface area (Å²) in [5.41, 5.74) is 0.457. The minimum atomic E-state index is 0.457. The van der Waals surface area contributed by atoms with Crippen molar-refractivity contribution in [1.29, 1.82) is 0 Å². The topological polar surface area (TPSA) is 0 Å². The van der Waals surface area contributed by atoms with Gasteiger partial charge in [0.2, 0.25) is 0 Å². The summed E-state index contributed by atoms with van der Waals surface area (Å²) in [5, 5.41) is 0. The average molecular weight is 133 g/mol. The van der Waals surface area contributed by atoms with Gasteiger partial charge in [-0.05, 0) is 32.1 Å². The Morgan fingerprint density at radius 2 is 2.00 bits per heavy atom. The van der Waals surface area contributed by atoms with Crippen LogP contribution in [0.5, 0.6) is 0 Å². The fraction of sp³-hybridized carbons (Fsp3) is 0.500. The highest BCUT2D eigenvalue weighted by Crippen LogP contribution is 2.40. The Balaban J connectivity index is 2.20. The Morgan fingerprint density at radius 1 is 1.10 bits per heavy atom. The number of allylic oxidation sites excluding steroid dienone is 4. The summed E-state index contributed by atoms with van der Waals surface area (Å²) < 4.78 is 0. The zero-order chi connectivity index (χ0) is 6.86. The molecule has 0 aromatic heterocycles. The largest absolute Gasteiger partial charge is 0.0876 e. The van der Waals surface area contributed by atoms with Crippen LogP contribution in [0, 0.1) is 11.8 Å². The predicted octanol–water partition coefficient (Wildman–Crippen LogP) is 2.88. The molecule has 2 rings (SSSR count). The molecule has 53 valence electrons. The fourth-order valence-electron chi connectivity index (χ4n) is 1.88. The Hall–Kier alpha value is -0.520. The van der Waals surface area contributed by atoms with Crippen LogP contribution >= 0.6 is 0 Å². The SMILES string of the molecule is [CH]1CC=CC2(C=CCC2)C1. The molecule has 1 unspecified atom stereocenters. The average Bonchev–Trinajstić information content (AvgIpc) is 2.39. The lowest BCUT2D eigenvalue weighted by molar-refractivity contribution is 0.457. The van der Waals surface area contributed by atoms with Crippen LogP contribution in [0.25, 0.3) is 0 Å². The molecule has 2 aliphatic rings. The molecule has 0 N–H and O–H groups in total. The van der Waals surface area contributed by atoms with E-state index in [1.54, 1.807) is 0 Å². The zero-order valence-corrected chi connectivity index (χ0v) is 6.22. The van der Waals surface area contributed by atoms with Crippen molar-refractivity contribution >= 4 is 0 Å². The lowest BCUT2D eigenvalue weighted by Gasteiger charge is -2.25. The molecule has 0 nitrogen and oxygen atoms in total. The second kappa shape index (κ2) is 2.26. The number of rotatable bonds is 0. The number of hydrogen-bond donors (Lipinski definition) is 0. The molecule has 0 aliphatic heterocycles. The molecule has 10 heavy (non-hydrogen) atoms. The molecule has 0 saturated heterocycles. The van der Waals surface area contributed by atoms with Crippen LogP contribution < -0.4 is 0 Å². The Morgan fingerprint density at radius 3 is 2.60 bits per heavy atom. The Kier molecular flexibility index (Phi) is 1.40. The highest BCUT2D eigenvalue weighted by atomic mass is 14.3. The summed E-state index contributed by atoms with van der Waals surface area (Å²) in [5.74, 6) is 0. The van der Waals surface area contributed by atoms with Crippen molar-refractivity contribution in [1.82, 2.24) is 0 Å². The summed E-state index contributed by atoms with van der Waals surface area (Å²) in [6.45, 7) is 0. The minimum absolute atomic E-state index is 0.457. The summed E-state index contributed by atoms with van der Waals surface area (Å²) in [6, 6.07) is 0. The van der Waals surface area contributed by atoms with Gasteiger partial charge in [-0.15, -0.1) is 0 Å². The number of hydrogen-bond acceptors (Lipinski definition) is 0. The predicted molar refractivity (Wildman–Crippen MR) is 43.5 cm³/mol. The molecule has 0 aromatic carbocycles. The summed E-state index contributed by atoms with van der Waals surface area (Å²) in [6.07, 6.45) is 16.8. The minimum Gasteiger partial charge on any atom is -0.0876 e. The maximum atomic E-state index is 2.39. The molecular weight excluding hydrogens is 120 g/mol. The monoisotopic (exact) mass is 133 g/mol. The highest BCUT2D eigenvalue weighted by Gasteiger charge is 2.27. The van der Waals surface area contributed by atoms with E-state index in [0.717, 1.165) is 0 Å². The normalized spacial score (nSPS) is 37.6. The van der Waals surface area contributed by atoms with Gasteiger partial charge in [0.1, 0.15) is 0 Å². The smallest absolute Gasteiger partial charge is 0.00667 e. The van der Waals surface area contributed by atoms with Gasteiger partial charge in [0, 0.05) is 5.41 Å². The quantitative estimate of drug-likeness (QED) is 0.446. The van der Waals surface area contributed by atoms with Gasteiger partial charge in [-0.1, -0.05) is 24.3 Å². The highest BCUT2D eigenvalue weighted by molar-refractivity contribution is 5.20. The maximum absolute atomic E-state index is 2.39. The third kappa shape index (κ3) is 0.920. The van der Waals surface area contributed by atoms with E-state index in [0.29, 0.717) is 5.41 Å². The first-order chi connectivity index (χ1) is 4.91. The lowest BCUT2D eigenvalue weighted by atomic mass is 9.79. The van der Waals surface area contributed by atoms with Crippen LogP contribution in [-0.4, -0.2) is 0 Å². The van der Waals surface area contributed by atoms with E-state index in [-0.39, 0.29) is 0 Å². The second-order valence-electron chi connectivity index (χ2n) is 3.31. The van der Waals surface area contributed by atoms with Crippen molar-refractivity contribution < 1.29 is 0 Å². The van der Waals surface area contributed by atoms with Gasteiger partial charge in [-0.3, -0.25) is 0 Å². The first kappa shape index (κ1) is 6.21. The molecular formula is C10H13. The fourth-order valence-corrected chi connectivity index (χ4v) is 1.88. The third-order valence-electron chi connectivity index (χ3n) is 2.50.